The van der Waals surface area contributed by atoms with E-state index in [1.807, 2.05) is 13.1 Å². The van der Waals surface area contributed by atoms with E-state index in [0.29, 0.717) is 0 Å². The highest BCUT2D eigenvalue weighted by molar-refractivity contribution is 5.79. The van der Waals surface area contributed by atoms with Gasteiger partial charge in [-0.3, -0.25) is 4.99 Å². The number of aryl methyl sites for hydroxylation is 1. The summed E-state index contributed by atoms with van der Waals surface area (Å²) in [5, 5.41) is 3.47. The van der Waals surface area contributed by atoms with Crippen molar-refractivity contribution in [3.05, 3.63) is 29.3 Å². The van der Waals surface area contributed by atoms with Gasteiger partial charge in [-0.15, -0.1) is 0 Å². The Morgan fingerprint density at radius 2 is 2.12 bits per heavy atom. The van der Waals surface area contributed by atoms with Crippen molar-refractivity contribution < 1.29 is 9.47 Å². The molecule has 0 bridgehead atoms. The Morgan fingerprint density at radius 3 is 2.80 bits per heavy atom. The van der Waals surface area contributed by atoms with Crippen LogP contribution in [0.5, 0.6) is 5.75 Å². The molecular weight excluding hydrogens is 314 g/mol. The minimum atomic E-state index is 0.783. The van der Waals surface area contributed by atoms with Crippen molar-refractivity contribution in [2.24, 2.45) is 10.9 Å². The predicted molar refractivity (Wildman–Crippen MR) is 104 cm³/mol. The van der Waals surface area contributed by atoms with Gasteiger partial charge in [-0.2, -0.15) is 0 Å². The Balaban J connectivity index is 1.78. The number of nitrogens with one attached hydrogen (secondary N) is 1. The average molecular weight is 348 g/mol. The Kier molecular flexibility index (Phi) is 8.06. The molecule has 5 heteroatoms. The molecule has 1 aliphatic heterocycles. The second-order valence-corrected chi connectivity index (χ2v) is 6.81. The lowest BCUT2D eigenvalue weighted by Crippen LogP contribution is -2.40. The lowest BCUT2D eigenvalue weighted by atomic mass is 9.96. The fourth-order valence-electron chi connectivity index (χ4n) is 3.31. The molecule has 1 aliphatic rings. The van der Waals surface area contributed by atoms with Gasteiger partial charge in [0.25, 0.3) is 0 Å². The van der Waals surface area contributed by atoms with Gasteiger partial charge >= 0.3 is 0 Å². The van der Waals surface area contributed by atoms with Crippen LogP contribution in [0.1, 0.15) is 30.4 Å². The van der Waals surface area contributed by atoms with Gasteiger partial charge < -0.3 is 19.7 Å². The molecule has 1 aromatic rings. The summed E-state index contributed by atoms with van der Waals surface area (Å²) in [6, 6.07) is 6.32. The number of guanidine groups is 1. The van der Waals surface area contributed by atoms with Crippen LogP contribution in [-0.2, 0) is 11.2 Å². The molecule has 1 fully saturated rings. The van der Waals surface area contributed by atoms with Crippen molar-refractivity contribution >= 4 is 5.96 Å². The minimum Gasteiger partial charge on any atom is -0.496 e. The van der Waals surface area contributed by atoms with Crippen LogP contribution in [0, 0.1) is 12.8 Å². The van der Waals surface area contributed by atoms with Gasteiger partial charge in [0.1, 0.15) is 5.75 Å². The Bertz CT molecular complexity index is 554. The van der Waals surface area contributed by atoms with Gasteiger partial charge in [0, 0.05) is 40.4 Å². The average Bonchev–Trinajstić information content (AvgIpc) is 2.64. The number of ether oxygens (including phenoxy) is 2. The Morgan fingerprint density at radius 1 is 1.36 bits per heavy atom. The minimum absolute atomic E-state index is 0.783. The van der Waals surface area contributed by atoms with Gasteiger partial charge in [0.2, 0.25) is 0 Å². The van der Waals surface area contributed by atoms with Gasteiger partial charge in [-0.25, -0.2) is 0 Å². The normalized spacial score (nSPS) is 15.9. The van der Waals surface area contributed by atoms with Gasteiger partial charge in [-0.05, 0) is 50.2 Å². The van der Waals surface area contributed by atoms with E-state index in [1.54, 1.807) is 7.11 Å². The molecule has 140 valence electrons. The van der Waals surface area contributed by atoms with E-state index in [-0.39, 0.29) is 0 Å². The first-order chi connectivity index (χ1) is 12.1. The van der Waals surface area contributed by atoms with Crippen molar-refractivity contribution in [3.8, 4) is 5.75 Å². The standard InChI is InChI=1S/C20H33N3O2/c1-16-5-6-19(24-4)18(15-16)7-11-22-20(21-2)23(3)12-8-17-9-13-25-14-10-17/h5-6,15,17H,7-14H2,1-4H3,(H,21,22). The van der Waals surface area contributed by atoms with Gasteiger partial charge in [-0.1, -0.05) is 17.7 Å². The fraction of sp³-hybridized carbons (Fsp3) is 0.650. The van der Waals surface area contributed by atoms with E-state index in [9.17, 15) is 0 Å². The molecule has 0 amide bonds. The molecule has 0 atom stereocenters. The molecule has 1 heterocycles. The second-order valence-electron chi connectivity index (χ2n) is 6.81. The first-order valence-electron chi connectivity index (χ1n) is 9.27. The molecular formula is C20H33N3O2. The van der Waals surface area contributed by atoms with Crippen molar-refractivity contribution in [1.29, 1.82) is 0 Å². The van der Waals surface area contributed by atoms with Crippen LogP contribution in [0.25, 0.3) is 0 Å². The van der Waals surface area contributed by atoms with Crippen molar-refractivity contribution in [3.63, 3.8) is 0 Å². The number of hydrogen-bond donors (Lipinski definition) is 1. The number of methoxy groups -OCH3 is 1. The molecule has 25 heavy (non-hydrogen) atoms. The summed E-state index contributed by atoms with van der Waals surface area (Å²) in [5.41, 5.74) is 2.49. The summed E-state index contributed by atoms with van der Waals surface area (Å²) >= 11 is 0. The van der Waals surface area contributed by atoms with Crippen LogP contribution in [-0.4, -0.2) is 58.4 Å². The largest absolute Gasteiger partial charge is 0.496 e. The number of rotatable bonds is 7. The highest BCUT2D eigenvalue weighted by atomic mass is 16.5. The summed E-state index contributed by atoms with van der Waals surface area (Å²) in [4.78, 5) is 6.64. The highest BCUT2D eigenvalue weighted by Gasteiger charge is 2.15. The summed E-state index contributed by atoms with van der Waals surface area (Å²) in [6.07, 6.45) is 4.49. The van der Waals surface area contributed by atoms with E-state index >= 15 is 0 Å². The molecule has 0 unspecified atom stereocenters. The van der Waals surface area contributed by atoms with Crippen LogP contribution in [0.3, 0.4) is 0 Å². The number of benzene rings is 1. The first kappa shape index (κ1) is 19.6. The molecule has 0 spiro atoms. The van der Waals surface area contributed by atoms with E-state index in [1.165, 1.54) is 30.4 Å². The maximum Gasteiger partial charge on any atom is 0.193 e. The zero-order chi connectivity index (χ0) is 18.1. The monoisotopic (exact) mass is 347 g/mol. The van der Waals surface area contributed by atoms with Crippen LogP contribution in [0.2, 0.25) is 0 Å². The lowest BCUT2D eigenvalue weighted by molar-refractivity contribution is 0.0625. The van der Waals surface area contributed by atoms with Crippen LogP contribution in [0.15, 0.2) is 23.2 Å². The third kappa shape index (κ3) is 6.24. The summed E-state index contributed by atoms with van der Waals surface area (Å²) in [6.45, 7) is 5.81. The number of hydrogen-bond acceptors (Lipinski definition) is 3. The Hall–Kier alpha value is -1.75. The molecule has 1 aromatic carbocycles. The molecule has 2 rings (SSSR count). The van der Waals surface area contributed by atoms with E-state index in [2.05, 4.69) is 41.3 Å². The van der Waals surface area contributed by atoms with E-state index in [4.69, 9.17) is 9.47 Å². The fourth-order valence-corrected chi connectivity index (χ4v) is 3.31. The third-order valence-electron chi connectivity index (χ3n) is 4.90. The number of nitrogens with zero attached hydrogens (tertiary/aromatic N) is 2. The van der Waals surface area contributed by atoms with Crippen LogP contribution >= 0.6 is 0 Å². The molecule has 5 nitrogen and oxygen atoms in total. The van der Waals surface area contributed by atoms with Crippen molar-refractivity contribution in [1.82, 2.24) is 10.2 Å². The maximum absolute atomic E-state index is 5.46. The molecule has 0 aliphatic carbocycles. The molecule has 1 saturated heterocycles. The van der Waals surface area contributed by atoms with Crippen molar-refractivity contribution in [2.75, 3.05) is 47.5 Å². The van der Waals surface area contributed by atoms with Crippen LogP contribution < -0.4 is 10.1 Å². The summed E-state index contributed by atoms with van der Waals surface area (Å²) < 4.78 is 10.9. The quantitative estimate of drug-likeness (QED) is 0.609. The third-order valence-corrected chi connectivity index (χ3v) is 4.90. The van der Waals surface area contributed by atoms with E-state index in [0.717, 1.165) is 50.4 Å². The predicted octanol–water partition coefficient (Wildman–Crippen LogP) is 2.87. The molecule has 0 saturated carbocycles. The molecule has 0 aromatic heterocycles. The SMILES string of the molecule is CN=C(NCCc1cc(C)ccc1OC)N(C)CCC1CCOCC1. The molecule has 0 radical (unpaired) electrons. The van der Waals surface area contributed by atoms with Crippen molar-refractivity contribution in [2.45, 2.75) is 32.6 Å². The summed E-state index contributed by atoms with van der Waals surface area (Å²) in [5.74, 6) is 2.69. The second kappa shape index (κ2) is 10.3. The van der Waals surface area contributed by atoms with Gasteiger partial charge in [0.05, 0.1) is 7.11 Å². The Labute approximate surface area is 152 Å². The smallest absolute Gasteiger partial charge is 0.193 e. The number of aliphatic imine (C=N–C) groups is 1. The molecule has 1 N–H and O–H groups in total. The van der Waals surface area contributed by atoms with E-state index < -0.39 is 0 Å². The van der Waals surface area contributed by atoms with Gasteiger partial charge in [0.15, 0.2) is 5.96 Å². The van der Waals surface area contributed by atoms with Crippen LogP contribution in [0.4, 0.5) is 0 Å². The lowest BCUT2D eigenvalue weighted by Gasteiger charge is -2.27. The zero-order valence-electron chi connectivity index (χ0n) is 16.2. The zero-order valence-corrected chi connectivity index (χ0v) is 16.2. The maximum atomic E-state index is 5.46. The first-order valence-corrected chi connectivity index (χ1v) is 9.27. The topological polar surface area (TPSA) is 46.1 Å². The highest BCUT2D eigenvalue weighted by Crippen LogP contribution is 2.20. The summed E-state index contributed by atoms with van der Waals surface area (Å²) in [7, 11) is 5.69.